The van der Waals surface area contributed by atoms with Crippen molar-refractivity contribution in [2.75, 3.05) is 0 Å². The maximum absolute atomic E-state index is 11.0. The van der Waals surface area contributed by atoms with Crippen LogP contribution in [0.3, 0.4) is 0 Å². The van der Waals surface area contributed by atoms with Gasteiger partial charge in [0.15, 0.2) is 0 Å². The van der Waals surface area contributed by atoms with Gasteiger partial charge in [0.25, 0.3) is 0 Å². The number of carbonyl (C=O) groups excluding carboxylic acids is 1. The normalized spacial score (nSPS) is 15.0. The standard InChI is InChI=1S/C10H10O3/c1-6-8(11)4-2-7-3-5-9(12)13-10(6)7/h2,4,11H,3,5H2,1H3. The highest BCUT2D eigenvalue weighted by Crippen LogP contribution is 2.34. The average molecular weight is 178 g/mol. The predicted molar refractivity (Wildman–Crippen MR) is 46.8 cm³/mol. The van der Waals surface area contributed by atoms with Gasteiger partial charge >= 0.3 is 5.97 Å². The smallest absolute Gasteiger partial charge is 0.311 e. The lowest BCUT2D eigenvalue weighted by Gasteiger charge is -2.17. The molecule has 0 unspecified atom stereocenters. The van der Waals surface area contributed by atoms with E-state index in [9.17, 15) is 9.90 Å². The van der Waals surface area contributed by atoms with Crippen molar-refractivity contribution in [2.45, 2.75) is 19.8 Å². The van der Waals surface area contributed by atoms with E-state index in [1.807, 2.05) is 0 Å². The number of hydrogen-bond acceptors (Lipinski definition) is 3. The number of phenolic OH excluding ortho intramolecular Hbond substituents is 1. The zero-order valence-corrected chi connectivity index (χ0v) is 7.33. The van der Waals surface area contributed by atoms with Gasteiger partial charge < -0.3 is 9.84 Å². The average Bonchev–Trinajstić information content (AvgIpc) is 2.12. The van der Waals surface area contributed by atoms with Gasteiger partial charge in [0.2, 0.25) is 0 Å². The van der Waals surface area contributed by atoms with E-state index >= 15 is 0 Å². The molecule has 0 radical (unpaired) electrons. The maximum Gasteiger partial charge on any atom is 0.311 e. The first-order valence-corrected chi connectivity index (χ1v) is 4.20. The molecular formula is C10H10O3. The molecule has 2 rings (SSSR count). The van der Waals surface area contributed by atoms with Crippen LogP contribution in [-0.4, -0.2) is 11.1 Å². The van der Waals surface area contributed by atoms with Crippen LogP contribution in [0.2, 0.25) is 0 Å². The van der Waals surface area contributed by atoms with Crippen molar-refractivity contribution in [2.24, 2.45) is 0 Å². The van der Waals surface area contributed by atoms with E-state index in [0.717, 1.165) is 5.56 Å². The highest BCUT2D eigenvalue weighted by Gasteiger charge is 2.20. The van der Waals surface area contributed by atoms with E-state index in [-0.39, 0.29) is 11.7 Å². The van der Waals surface area contributed by atoms with Crippen LogP contribution in [0.5, 0.6) is 11.5 Å². The molecule has 0 spiro atoms. The molecule has 13 heavy (non-hydrogen) atoms. The van der Waals surface area contributed by atoms with E-state index in [0.29, 0.717) is 24.2 Å². The summed E-state index contributed by atoms with van der Waals surface area (Å²) in [5, 5.41) is 9.37. The highest BCUT2D eigenvalue weighted by molar-refractivity contribution is 5.76. The van der Waals surface area contributed by atoms with Gasteiger partial charge in [-0.25, -0.2) is 0 Å². The molecule has 1 aliphatic rings. The number of benzene rings is 1. The van der Waals surface area contributed by atoms with E-state index in [2.05, 4.69) is 0 Å². The molecule has 0 saturated carbocycles. The van der Waals surface area contributed by atoms with E-state index < -0.39 is 0 Å². The van der Waals surface area contributed by atoms with Crippen LogP contribution in [0.25, 0.3) is 0 Å². The lowest BCUT2D eigenvalue weighted by atomic mass is 10.0. The summed E-state index contributed by atoms with van der Waals surface area (Å²) in [6, 6.07) is 3.43. The number of rotatable bonds is 0. The number of hydrogen-bond donors (Lipinski definition) is 1. The van der Waals surface area contributed by atoms with Crippen molar-refractivity contribution in [3.63, 3.8) is 0 Å². The van der Waals surface area contributed by atoms with Crippen LogP contribution in [-0.2, 0) is 11.2 Å². The minimum absolute atomic E-state index is 0.174. The van der Waals surface area contributed by atoms with Gasteiger partial charge in [0.05, 0.1) is 6.42 Å². The zero-order chi connectivity index (χ0) is 9.42. The molecule has 3 nitrogen and oxygen atoms in total. The minimum atomic E-state index is -0.221. The Balaban J connectivity index is 2.54. The van der Waals surface area contributed by atoms with E-state index in [1.165, 1.54) is 0 Å². The maximum atomic E-state index is 11.0. The molecule has 1 heterocycles. The zero-order valence-electron chi connectivity index (χ0n) is 7.33. The lowest BCUT2D eigenvalue weighted by Crippen LogP contribution is -2.16. The summed E-state index contributed by atoms with van der Waals surface area (Å²) in [6.45, 7) is 1.74. The second kappa shape index (κ2) is 2.76. The largest absolute Gasteiger partial charge is 0.508 e. The molecule has 1 aromatic carbocycles. The first-order chi connectivity index (χ1) is 6.18. The molecule has 0 saturated heterocycles. The molecule has 1 N–H and O–H groups in total. The molecule has 0 aromatic heterocycles. The number of aryl methyl sites for hydroxylation is 1. The Labute approximate surface area is 76.0 Å². The predicted octanol–water partition coefficient (Wildman–Crippen LogP) is 1.55. The fourth-order valence-corrected chi connectivity index (χ4v) is 1.48. The van der Waals surface area contributed by atoms with Gasteiger partial charge in [-0.1, -0.05) is 6.07 Å². The third kappa shape index (κ3) is 1.26. The number of carbonyl (C=O) groups is 1. The minimum Gasteiger partial charge on any atom is -0.508 e. The Morgan fingerprint density at radius 3 is 2.92 bits per heavy atom. The third-order valence-corrected chi connectivity index (χ3v) is 2.27. The highest BCUT2D eigenvalue weighted by atomic mass is 16.5. The van der Waals surface area contributed by atoms with Gasteiger partial charge in [0, 0.05) is 5.56 Å². The van der Waals surface area contributed by atoms with Gasteiger partial charge in [-0.3, -0.25) is 4.79 Å². The fraction of sp³-hybridized carbons (Fsp3) is 0.300. The fourth-order valence-electron chi connectivity index (χ4n) is 1.48. The van der Waals surface area contributed by atoms with Crippen LogP contribution in [0.15, 0.2) is 12.1 Å². The van der Waals surface area contributed by atoms with Crippen LogP contribution < -0.4 is 4.74 Å². The summed E-state index contributed by atoms with van der Waals surface area (Å²) in [5.74, 6) is 0.492. The molecule has 1 aliphatic heterocycles. The number of fused-ring (bicyclic) bond motifs is 1. The van der Waals surface area contributed by atoms with Crippen molar-refractivity contribution in [1.29, 1.82) is 0 Å². The number of esters is 1. The number of ether oxygens (including phenoxy) is 1. The molecule has 0 aliphatic carbocycles. The Morgan fingerprint density at radius 1 is 1.38 bits per heavy atom. The van der Waals surface area contributed by atoms with Crippen molar-refractivity contribution >= 4 is 5.97 Å². The number of phenols is 1. The Bertz CT molecular complexity index is 369. The Kier molecular flexibility index (Phi) is 1.72. The van der Waals surface area contributed by atoms with Gasteiger partial charge in [-0.15, -0.1) is 0 Å². The molecule has 0 fully saturated rings. The Morgan fingerprint density at radius 2 is 2.15 bits per heavy atom. The summed E-state index contributed by atoms with van der Waals surface area (Å²) >= 11 is 0. The molecule has 68 valence electrons. The molecular weight excluding hydrogens is 168 g/mol. The number of aromatic hydroxyl groups is 1. The topological polar surface area (TPSA) is 46.5 Å². The summed E-state index contributed by atoms with van der Waals surface area (Å²) in [6.07, 6.45) is 1.13. The van der Waals surface area contributed by atoms with Crippen LogP contribution in [0, 0.1) is 6.92 Å². The molecule has 0 bridgehead atoms. The monoisotopic (exact) mass is 178 g/mol. The van der Waals surface area contributed by atoms with Gasteiger partial charge in [-0.05, 0) is 25.0 Å². The van der Waals surface area contributed by atoms with E-state index in [1.54, 1.807) is 19.1 Å². The first kappa shape index (κ1) is 8.10. The van der Waals surface area contributed by atoms with Crippen molar-refractivity contribution < 1.29 is 14.6 Å². The van der Waals surface area contributed by atoms with E-state index in [4.69, 9.17) is 4.74 Å². The van der Waals surface area contributed by atoms with Crippen LogP contribution in [0.4, 0.5) is 0 Å². The summed E-state index contributed by atoms with van der Waals surface area (Å²) in [7, 11) is 0. The molecule has 0 atom stereocenters. The second-order valence-electron chi connectivity index (χ2n) is 3.17. The second-order valence-corrected chi connectivity index (χ2v) is 3.17. The van der Waals surface area contributed by atoms with Crippen molar-refractivity contribution in [3.8, 4) is 11.5 Å². The SMILES string of the molecule is Cc1c(O)ccc2c1OC(=O)CC2. The summed E-state index contributed by atoms with van der Waals surface area (Å²) in [5.41, 5.74) is 1.64. The molecule has 1 aromatic rings. The van der Waals surface area contributed by atoms with Crippen LogP contribution >= 0.6 is 0 Å². The van der Waals surface area contributed by atoms with Crippen molar-refractivity contribution in [1.82, 2.24) is 0 Å². The summed E-state index contributed by atoms with van der Waals surface area (Å²) < 4.78 is 5.04. The molecule has 3 heteroatoms. The third-order valence-electron chi connectivity index (χ3n) is 2.27. The van der Waals surface area contributed by atoms with Gasteiger partial charge in [-0.2, -0.15) is 0 Å². The van der Waals surface area contributed by atoms with Crippen LogP contribution in [0.1, 0.15) is 17.5 Å². The Hall–Kier alpha value is -1.51. The van der Waals surface area contributed by atoms with Crippen molar-refractivity contribution in [3.05, 3.63) is 23.3 Å². The van der Waals surface area contributed by atoms with Gasteiger partial charge in [0.1, 0.15) is 11.5 Å². The summed E-state index contributed by atoms with van der Waals surface area (Å²) in [4.78, 5) is 11.0. The lowest BCUT2D eigenvalue weighted by molar-refractivity contribution is -0.135. The quantitative estimate of drug-likeness (QED) is 0.484. The first-order valence-electron chi connectivity index (χ1n) is 4.20. The molecule has 0 amide bonds.